The molecule has 4 rings (SSSR count). The molecule has 0 aromatic carbocycles. The van der Waals surface area contributed by atoms with E-state index in [1.54, 1.807) is 19.5 Å². The van der Waals surface area contributed by atoms with Crippen LogP contribution in [0.3, 0.4) is 0 Å². The van der Waals surface area contributed by atoms with Crippen LogP contribution in [0.15, 0.2) is 29.0 Å². The fourth-order valence-electron chi connectivity index (χ4n) is 4.37. The molecular formula is C21H28N4O4. The van der Waals surface area contributed by atoms with E-state index < -0.39 is 0 Å². The Morgan fingerprint density at radius 1 is 1.31 bits per heavy atom. The van der Waals surface area contributed by atoms with E-state index in [9.17, 15) is 4.79 Å². The van der Waals surface area contributed by atoms with Crippen molar-refractivity contribution in [3.8, 4) is 11.5 Å². The molecule has 2 fully saturated rings. The number of piperidine rings is 1. The van der Waals surface area contributed by atoms with Crippen molar-refractivity contribution in [2.45, 2.75) is 37.5 Å². The van der Waals surface area contributed by atoms with Crippen LogP contribution in [0.2, 0.25) is 0 Å². The van der Waals surface area contributed by atoms with Crippen LogP contribution in [0.5, 0.6) is 0 Å². The minimum Gasteiger partial charge on any atom is -0.385 e. The van der Waals surface area contributed by atoms with Gasteiger partial charge in [0.15, 0.2) is 5.82 Å². The first kappa shape index (κ1) is 20.0. The number of hydrogen-bond donors (Lipinski definition) is 0. The van der Waals surface area contributed by atoms with E-state index in [2.05, 4.69) is 10.1 Å². The summed E-state index contributed by atoms with van der Waals surface area (Å²) in [5.74, 6) is 1.42. The molecule has 0 N–H and O–H groups in total. The van der Waals surface area contributed by atoms with Gasteiger partial charge in [-0.3, -0.25) is 9.78 Å². The van der Waals surface area contributed by atoms with Crippen molar-refractivity contribution in [1.29, 1.82) is 0 Å². The Hall–Kier alpha value is -2.32. The van der Waals surface area contributed by atoms with Gasteiger partial charge in [0.2, 0.25) is 5.91 Å². The van der Waals surface area contributed by atoms with E-state index in [1.165, 1.54) is 0 Å². The zero-order chi connectivity index (χ0) is 20.1. The topological polar surface area (TPSA) is 90.6 Å². The third-order valence-corrected chi connectivity index (χ3v) is 6.07. The molecule has 1 unspecified atom stereocenters. The van der Waals surface area contributed by atoms with E-state index in [4.69, 9.17) is 19.0 Å². The molecule has 0 spiro atoms. The summed E-state index contributed by atoms with van der Waals surface area (Å²) in [4.78, 5) is 23.9. The number of hydrogen-bond acceptors (Lipinski definition) is 7. The quantitative estimate of drug-likeness (QED) is 0.735. The fraction of sp³-hybridized carbons (Fsp3) is 0.619. The summed E-state index contributed by atoms with van der Waals surface area (Å²) < 4.78 is 16.4. The number of likely N-dealkylation sites (tertiary alicyclic amines) is 1. The zero-order valence-corrected chi connectivity index (χ0v) is 16.9. The van der Waals surface area contributed by atoms with Crippen LogP contribution in [-0.4, -0.2) is 66.0 Å². The Kier molecular flexibility index (Phi) is 6.20. The molecule has 0 radical (unpaired) electrons. The molecule has 2 aliphatic heterocycles. The number of nitrogens with zero attached hydrogens (tertiary/aromatic N) is 4. The number of aromatic nitrogens is 3. The second kappa shape index (κ2) is 9.00. The van der Waals surface area contributed by atoms with Crippen molar-refractivity contribution >= 4 is 5.91 Å². The van der Waals surface area contributed by atoms with E-state index >= 15 is 0 Å². The van der Waals surface area contributed by atoms with Crippen molar-refractivity contribution in [3.63, 3.8) is 0 Å². The van der Waals surface area contributed by atoms with Gasteiger partial charge < -0.3 is 18.9 Å². The molecule has 0 bridgehead atoms. The maximum atomic E-state index is 13.1. The molecule has 0 aliphatic carbocycles. The van der Waals surface area contributed by atoms with Gasteiger partial charge in [-0.25, -0.2) is 0 Å². The summed E-state index contributed by atoms with van der Waals surface area (Å²) >= 11 is 0. The maximum Gasteiger partial charge on any atom is 0.258 e. The fourth-order valence-corrected chi connectivity index (χ4v) is 4.37. The molecule has 2 aromatic rings. The van der Waals surface area contributed by atoms with Crippen LogP contribution in [0.1, 0.15) is 37.9 Å². The van der Waals surface area contributed by atoms with E-state index in [-0.39, 0.29) is 17.2 Å². The Bertz CT molecular complexity index is 806. The molecule has 1 atom stereocenters. The van der Waals surface area contributed by atoms with Gasteiger partial charge in [-0.2, -0.15) is 4.98 Å². The zero-order valence-electron chi connectivity index (χ0n) is 16.9. The third kappa shape index (κ3) is 4.33. The second-order valence-corrected chi connectivity index (χ2v) is 7.93. The predicted molar refractivity (Wildman–Crippen MR) is 105 cm³/mol. The first-order valence-corrected chi connectivity index (χ1v) is 10.3. The lowest BCUT2D eigenvalue weighted by Crippen LogP contribution is -2.51. The number of carbonyl (C=O) groups excluding carboxylic acids is 1. The number of methoxy groups -OCH3 is 1. The highest BCUT2D eigenvalue weighted by atomic mass is 16.5. The van der Waals surface area contributed by atoms with Crippen LogP contribution >= 0.6 is 0 Å². The first-order chi connectivity index (χ1) is 14.2. The molecule has 2 aromatic heterocycles. The van der Waals surface area contributed by atoms with Gasteiger partial charge in [0.25, 0.3) is 5.89 Å². The number of pyridine rings is 1. The molecule has 1 amide bonds. The predicted octanol–water partition coefficient (Wildman–Crippen LogP) is 2.45. The van der Waals surface area contributed by atoms with Gasteiger partial charge in [-0.15, -0.1) is 0 Å². The average Bonchev–Trinajstić information content (AvgIpc) is 3.30. The van der Waals surface area contributed by atoms with Crippen molar-refractivity contribution in [3.05, 3.63) is 30.4 Å². The first-order valence-electron chi connectivity index (χ1n) is 10.3. The van der Waals surface area contributed by atoms with Crippen molar-refractivity contribution in [1.82, 2.24) is 20.0 Å². The van der Waals surface area contributed by atoms with Gasteiger partial charge in [0.05, 0.1) is 5.41 Å². The van der Waals surface area contributed by atoms with Crippen LogP contribution in [0, 0.1) is 5.92 Å². The Labute approximate surface area is 170 Å². The molecule has 2 aliphatic rings. The minimum absolute atomic E-state index is 0.0552. The molecule has 0 saturated carbocycles. The van der Waals surface area contributed by atoms with Crippen LogP contribution < -0.4 is 0 Å². The van der Waals surface area contributed by atoms with Crippen LogP contribution in [0.25, 0.3) is 11.5 Å². The van der Waals surface area contributed by atoms with Gasteiger partial charge >= 0.3 is 0 Å². The summed E-state index contributed by atoms with van der Waals surface area (Å²) in [5.41, 5.74) is 0.482. The maximum absolute atomic E-state index is 13.1. The smallest absolute Gasteiger partial charge is 0.258 e. The standard InChI is InChI=1S/C21H28N4O4/c1-27-14-8-21(20-23-18(29-24-20)16-3-9-22-10-4-16)7-2-11-25(15-21)19(26)17-5-12-28-13-6-17/h3-4,9-10,17H,2,5-8,11-15H2,1H3. The second-order valence-electron chi connectivity index (χ2n) is 7.93. The SMILES string of the molecule is COCCC1(c2noc(-c3ccncc3)n2)CCCN(C(=O)C2CCOCC2)C1. The monoisotopic (exact) mass is 400 g/mol. The Morgan fingerprint density at radius 3 is 2.86 bits per heavy atom. The largest absolute Gasteiger partial charge is 0.385 e. The van der Waals surface area contributed by atoms with E-state index in [0.29, 0.717) is 38.1 Å². The third-order valence-electron chi connectivity index (χ3n) is 6.07. The molecule has 29 heavy (non-hydrogen) atoms. The lowest BCUT2D eigenvalue weighted by atomic mass is 9.76. The number of rotatable bonds is 6. The minimum atomic E-state index is -0.357. The lowest BCUT2D eigenvalue weighted by molar-refractivity contribution is -0.141. The van der Waals surface area contributed by atoms with Gasteiger partial charge in [-0.1, -0.05) is 5.16 Å². The van der Waals surface area contributed by atoms with Crippen molar-refractivity contribution in [2.75, 3.05) is 40.0 Å². The summed E-state index contributed by atoms with van der Waals surface area (Å²) in [5, 5.41) is 4.33. The highest BCUT2D eigenvalue weighted by Crippen LogP contribution is 2.37. The molecule has 2 saturated heterocycles. The molecule has 8 nitrogen and oxygen atoms in total. The van der Waals surface area contributed by atoms with E-state index in [0.717, 1.165) is 44.2 Å². The lowest BCUT2D eigenvalue weighted by Gasteiger charge is -2.42. The van der Waals surface area contributed by atoms with Crippen LogP contribution in [-0.2, 0) is 19.7 Å². The average molecular weight is 400 g/mol. The highest BCUT2D eigenvalue weighted by Gasteiger charge is 2.43. The normalized spacial score (nSPS) is 23.3. The summed E-state index contributed by atoms with van der Waals surface area (Å²) in [7, 11) is 1.69. The molecule has 8 heteroatoms. The van der Waals surface area contributed by atoms with Crippen molar-refractivity contribution in [2.24, 2.45) is 5.92 Å². The summed E-state index contributed by atoms with van der Waals surface area (Å²) in [6, 6.07) is 3.70. The van der Waals surface area contributed by atoms with E-state index in [1.807, 2.05) is 17.0 Å². The van der Waals surface area contributed by atoms with Crippen molar-refractivity contribution < 1.29 is 18.8 Å². The Morgan fingerprint density at radius 2 is 2.10 bits per heavy atom. The van der Waals surface area contributed by atoms with Gasteiger partial charge in [-0.05, 0) is 44.2 Å². The van der Waals surface area contributed by atoms with Gasteiger partial charge in [0.1, 0.15) is 0 Å². The molecule has 156 valence electrons. The van der Waals surface area contributed by atoms with Gasteiger partial charge in [0, 0.05) is 63.9 Å². The summed E-state index contributed by atoms with van der Waals surface area (Å²) in [6.45, 7) is 3.29. The molecule has 4 heterocycles. The highest BCUT2D eigenvalue weighted by molar-refractivity contribution is 5.79. The number of amides is 1. The van der Waals surface area contributed by atoms with Crippen LogP contribution in [0.4, 0.5) is 0 Å². The molecular weight excluding hydrogens is 372 g/mol. The Balaban J connectivity index is 1.57. The number of carbonyl (C=O) groups is 1. The summed E-state index contributed by atoms with van der Waals surface area (Å²) in [6.07, 6.45) is 7.57. The number of ether oxygens (including phenoxy) is 2.